The summed E-state index contributed by atoms with van der Waals surface area (Å²) < 4.78 is 7.19. The Morgan fingerprint density at radius 1 is 0.446 bits per heavy atom. The number of hydrogen-bond donors (Lipinski definition) is 2. The average molecular weight is 1450 g/mol. The molecule has 0 bridgehead atoms. The van der Waals surface area contributed by atoms with Crippen molar-refractivity contribution in [1.29, 1.82) is 0 Å². The molecule has 416 valence electrons. The van der Waals surface area contributed by atoms with Crippen LogP contribution in [0.2, 0.25) is 10.3 Å². The van der Waals surface area contributed by atoms with Gasteiger partial charge in [-0.15, -0.1) is 22.7 Å². The normalized spacial score (nSPS) is 10.7. The maximum absolute atomic E-state index is 8.87. The average Bonchev–Trinajstić information content (AvgIpc) is 4.50. The fraction of sp³-hybridized carbons (Fsp3) is 0. The molecule has 0 unspecified atom stereocenters. The van der Waals surface area contributed by atoms with E-state index in [4.69, 9.17) is 52.3 Å². The summed E-state index contributed by atoms with van der Waals surface area (Å²) in [7, 11) is 7.36. The Balaban J connectivity index is 0.000000125. The number of hydrogen-bond acceptors (Lipinski definition) is 10. The van der Waals surface area contributed by atoms with E-state index in [2.05, 4.69) is 241 Å². The molecule has 0 saturated carbocycles. The molecule has 0 aliphatic heterocycles. The number of fused-ring (bicyclic) bond motifs is 4. The van der Waals surface area contributed by atoms with Crippen molar-refractivity contribution in [3.8, 4) is 10.6 Å². The molecule has 0 amide bonds. The predicted octanol–water partition coefficient (Wildman–Crippen LogP) is 13.9. The van der Waals surface area contributed by atoms with Crippen LogP contribution in [0.25, 0.3) is 42.0 Å². The quantitative estimate of drug-likeness (QED) is 0.0875. The third kappa shape index (κ3) is 17.2. The summed E-state index contributed by atoms with van der Waals surface area (Å²) >= 11 is 16.7. The number of imidazole rings is 2. The Morgan fingerprint density at radius 2 is 0.807 bits per heavy atom. The molecule has 0 radical (unpaired) electrons. The zero-order chi connectivity index (χ0) is 57.8. The van der Waals surface area contributed by atoms with E-state index in [0.717, 1.165) is 41.0 Å². The summed E-state index contributed by atoms with van der Waals surface area (Å²) in [6.07, 6.45) is 10.6. The SMILES string of the molecule is Clc1ccc2ncc(-c3cc4cnccc4s3)n2n1.Clc1ccc2ncc(I)n2n1.OB(O)c1cc2cnccc2s1.[Cl][Pd][Cl].c1ccc(P(c2ccccc2)c2ccccc2)cc1.c1ccc(P(c2ccccc2)c2ccccc2)cc1. The van der Waals surface area contributed by atoms with Gasteiger partial charge in [0.25, 0.3) is 0 Å². The van der Waals surface area contributed by atoms with Gasteiger partial charge in [-0.1, -0.05) is 205 Å². The molecule has 0 aliphatic carbocycles. The smallest absolute Gasteiger partial charge is 0.0134 e. The van der Waals surface area contributed by atoms with Crippen LogP contribution in [0.1, 0.15) is 0 Å². The van der Waals surface area contributed by atoms with Crippen LogP contribution in [0, 0.1) is 3.70 Å². The fourth-order valence-corrected chi connectivity index (χ4v) is 15.6. The Kier molecular flexibility index (Phi) is 23.7. The number of nitrogens with zero attached hydrogens (tertiary/aromatic N) is 8. The van der Waals surface area contributed by atoms with Gasteiger partial charge in [0.05, 0.1) is 17.3 Å². The Labute approximate surface area is 530 Å². The molecular weight excluding hydrogens is 1400 g/mol. The first-order chi connectivity index (χ1) is 40.7. The molecular formula is C62H46BCl4IN8O2P2PdS2. The minimum atomic E-state index is -1.37. The van der Waals surface area contributed by atoms with Gasteiger partial charge in [0.15, 0.2) is 11.3 Å². The van der Waals surface area contributed by atoms with Crippen molar-refractivity contribution in [2.75, 3.05) is 0 Å². The number of aromatic nitrogens is 8. The van der Waals surface area contributed by atoms with E-state index in [1.807, 2.05) is 36.7 Å². The van der Waals surface area contributed by atoms with Crippen molar-refractivity contribution in [3.05, 3.63) is 282 Å². The summed E-state index contributed by atoms with van der Waals surface area (Å²) in [4.78, 5) is 17.6. The largest absolute Gasteiger partial charge is 0.0622 e. The molecule has 83 heavy (non-hydrogen) atoms. The first-order valence-corrected chi connectivity index (χ1v) is 35.3. The Morgan fingerprint density at radius 3 is 1.19 bits per heavy atom. The molecule has 0 spiro atoms. The van der Waals surface area contributed by atoms with Crippen molar-refractivity contribution < 1.29 is 26.0 Å². The van der Waals surface area contributed by atoms with Crippen LogP contribution in [-0.2, 0) is 15.9 Å². The number of thiophene rings is 2. The van der Waals surface area contributed by atoms with Crippen LogP contribution >= 0.6 is 103 Å². The first-order valence-electron chi connectivity index (χ1n) is 25.1. The second-order valence-corrected chi connectivity index (χ2v) is 28.1. The van der Waals surface area contributed by atoms with Crippen LogP contribution in [-0.4, -0.2) is 56.3 Å². The molecule has 0 fully saturated rings. The van der Waals surface area contributed by atoms with Gasteiger partial charge in [0.1, 0.15) is 19.7 Å². The summed E-state index contributed by atoms with van der Waals surface area (Å²) in [6.45, 7) is 0. The second-order valence-electron chi connectivity index (χ2n) is 17.3. The Bertz CT molecular complexity index is 3860. The number of halogens is 5. The molecule has 2 N–H and O–H groups in total. The van der Waals surface area contributed by atoms with Crippen molar-refractivity contribution in [2.24, 2.45) is 0 Å². The minimum Gasteiger partial charge on any atom is -0.0622 e. The second kappa shape index (κ2) is 31.9. The van der Waals surface area contributed by atoms with E-state index in [9.17, 15) is 0 Å². The van der Waals surface area contributed by atoms with Gasteiger partial charge in [0, 0.05) is 49.7 Å². The maximum Gasteiger partial charge on any atom is -0.0134 e. The standard InChI is InChI=1S/2C18H15P.C13H7ClN4S.C7H6BNO2S.C6H3ClIN3.2ClH.Pd/c2*1-4-10-16(11-5-1)19(17-12-6-2-7-13-17)18-14-8-3-9-15-18;14-12-1-2-13-16-7-9(18(13)17-12)11-5-8-6-15-4-3-10(8)19-11;10-8(11)7-3-5-4-9-2-1-6(5)12-7;7-4-1-2-6-9-3-5(8)11(6)10-4;;;/h2*1-15H;1-7H;1-4,10-11H;1-3H;2*1H;/q;;;;;;;+2/p-2. The van der Waals surface area contributed by atoms with E-state index in [0.29, 0.717) is 15.1 Å². The van der Waals surface area contributed by atoms with Crippen molar-refractivity contribution >= 4 is 179 Å². The topological polar surface area (TPSA) is 127 Å². The molecule has 21 heteroatoms. The van der Waals surface area contributed by atoms with Crippen molar-refractivity contribution in [3.63, 3.8) is 0 Å². The molecule has 8 heterocycles. The summed E-state index contributed by atoms with van der Waals surface area (Å²) in [6, 6.07) is 79.5. The molecule has 0 atom stereocenters. The van der Waals surface area contributed by atoms with Crippen molar-refractivity contribution in [1.82, 2.24) is 39.2 Å². The first kappa shape index (κ1) is 61.7. The molecule has 8 aromatic heterocycles. The number of rotatable bonds is 8. The molecule has 6 aromatic carbocycles. The van der Waals surface area contributed by atoms with Gasteiger partial charge in [-0.05, 0) is 119 Å². The van der Waals surface area contributed by atoms with Crippen LogP contribution in [0.5, 0.6) is 0 Å². The Hall–Kier alpha value is -5.82. The summed E-state index contributed by atoms with van der Waals surface area (Å²) in [5.41, 5.74) is 2.55. The number of benzene rings is 6. The minimum absolute atomic E-state index is 0.106. The summed E-state index contributed by atoms with van der Waals surface area (Å²) in [5, 5.41) is 37.5. The van der Waals surface area contributed by atoms with Crippen LogP contribution in [0.3, 0.4) is 0 Å². The monoisotopic (exact) mass is 1440 g/mol. The van der Waals surface area contributed by atoms with Gasteiger partial charge < -0.3 is 10.0 Å². The van der Waals surface area contributed by atoms with Crippen LogP contribution in [0.4, 0.5) is 0 Å². The van der Waals surface area contributed by atoms with E-state index in [-0.39, 0.29) is 15.9 Å². The van der Waals surface area contributed by atoms with E-state index < -0.39 is 23.0 Å². The van der Waals surface area contributed by atoms with E-state index in [1.165, 1.54) is 47.9 Å². The maximum atomic E-state index is 8.87. The van der Waals surface area contributed by atoms with Gasteiger partial charge >= 0.3 is 42.1 Å². The van der Waals surface area contributed by atoms with E-state index in [1.54, 1.807) is 63.4 Å². The molecule has 0 aliphatic rings. The van der Waals surface area contributed by atoms with Gasteiger partial charge in [-0.2, -0.15) is 10.2 Å². The zero-order valence-corrected chi connectivity index (χ0v) is 53.5. The predicted molar refractivity (Wildman–Crippen MR) is 359 cm³/mol. The van der Waals surface area contributed by atoms with Gasteiger partial charge in [-0.25, -0.2) is 19.0 Å². The van der Waals surface area contributed by atoms with Crippen LogP contribution in [0.15, 0.2) is 268 Å². The van der Waals surface area contributed by atoms with Crippen molar-refractivity contribution in [2.45, 2.75) is 0 Å². The third-order valence-corrected chi connectivity index (χ3v) is 20.2. The van der Waals surface area contributed by atoms with Gasteiger partial charge in [-0.3, -0.25) is 9.97 Å². The zero-order valence-electron chi connectivity index (χ0n) is 43.4. The molecule has 0 saturated heterocycles. The fourth-order valence-electron chi connectivity index (χ4n) is 8.24. The molecule has 14 rings (SSSR count). The third-order valence-electron chi connectivity index (χ3n) is 11.9. The molecule has 10 nitrogen and oxygen atoms in total. The van der Waals surface area contributed by atoms with Gasteiger partial charge in [0.2, 0.25) is 0 Å². The van der Waals surface area contributed by atoms with Crippen LogP contribution < -0.4 is 36.6 Å². The van der Waals surface area contributed by atoms with E-state index >= 15 is 0 Å². The summed E-state index contributed by atoms with van der Waals surface area (Å²) in [5.74, 6) is 0. The molecule has 14 aromatic rings. The number of pyridine rings is 2.